The van der Waals surface area contributed by atoms with Crippen LogP contribution in [0.5, 0.6) is 5.75 Å². The van der Waals surface area contributed by atoms with Gasteiger partial charge in [-0.3, -0.25) is 13.9 Å². The molecule has 2 amide bonds. The van der Waals surface area contributed by atoms with E-state index in [9.17, 15) is 18.0 Å². The van der Waals surface area contributed by atoms with Crippen LogP contribution < -0.4 is 14.4 Å². The van der Waals surface area contributed by atoms with Crippen LogP contribution in [-0.4, -0.2) is 63.2 Å². The number of ether oxygens (including phenoxy) is 1. The molecule has 242 valence electrons. The second-order valence-electron chi connectivity index (χ2n) is 11.2. The zero-order valence-corrected chi connectivity index (χ0v) is 28.1. The van der Waals surface area contributed by atoms with Crippen LogP contribution in [0.2, 0.25) is 0 Å². The molecule has 3 aromatic carbocycles. The number of anilines is 1. The summed E-state index contributed by atoms with van der Waals surface area (Å²) in [6, 6.07) is 22.5. The van der Waals surface area contributed by atoms with Gasteiger partial charge in [-0.1, -0.05) is 56.5 Å². The highest BCUT2D eigenvalue weighted by atomic mass is 32.2. The van der Waals surface area contributed by atoms with Gasteiger partial charge < -0.3 is 15.0 Å². The second-order valence-corrected chi connectivity index (χ2v) is 13.9. The molecule has 0 bridgehead atoms. The lowest BCUT2D eigenvalue weighted by atomic mass is 9.95. The van der Waals surface area contributed by atoms with Crippen LogP contribution in [0, 0.1) is 0 Å². The van der Waals surface area contributed by atoms with E-state index >= 15 is 0 Å². The number of sulfonamides is 1. The van der Waals surface area contributed by atoms with Crippen molar-refractivity contribution in [3.05, 3.63) is 84.4 Å². The number of hydrogen-bond donors (Lipinski definition) is 1. The highest BCUT2D eigenvalue weighted by Gasteiger charge is 2.34. The van der Waals surface area contributed by atoms with E-state index in [4.69, 9.17) is 4.74 Å². The van der Waals surface area contributed by atoms with E-state index in [2.05, 4.69) is 5.32 Å². The Bertz CT molecular complexity index is 1480. The fraction of sp³-hybridized carbons (Fsp3) is 0.429. The monoisotopic (exact) mass is 651 g/mol. The van der Waals surface area contributed by atoms with E-state index in [1.807, 2.05) is 50.4 Å². The first-order valence-electron chi connectivity index (χ1n) is 15.8. The highest BCUT2D eigenvalue weighted by molar-refractivity contribution is 7.98. The molecule has 0 saturated heterocycles. The van der Waals surface area contributed by atoms with E-state index in [-0.39, 0.29) is 23.4 Å². The Kier molecular flexibility index (Phi) is 12.8. The summed E-state index contributed by atoms with van der Waals surface area (Å²) in [4.78, 5) is 30.6. The molecular formula is C35H45N3O5S2. The van der Waals surface area contributed by atoms with Crippen LogP contribution >= 0.6 is 11.8 Å². The van der Waals surface area contributed by atoms with Crippen molar-refractivity contribution in [3.63, 3.8) is 0 Å². The number of rotatable bonds is 15. The fourth-order valence-electron chi connectivity index (χ4n) is 5.72. The lowest BCUT2D eigenvalue weighted by molar-refractivity contribution is -0.140. The van der Waals surface area contributed by atoms with Crippen molar-refractivity contribution in [3.8, 4) is 5.75 Å². The van der Waals surface area contributed by atoms with Gasteiger partial charge in [-0.25, -0.2) is 8.42 Å². The average Bonchev–Trinajstić information content (AvgIpc) is 3.06. The minimum atomic E-state index is -4.14. The van der Waals surface area contributed by atoms with Gasteiger partial charge in [0.1, 0.15) is 18.3 Å². The van der Waals surface area contributed by atoms with Gasteiger partial charge >= 0.3 is 0 Å². The number of benzene rings is 3. The molecule has 0 radical (unpaired) electrons. The Balaban J connectivity index is 1.67. The molecule has 1 aliphatic rings. The average molecular weight is 652 g/mol. The normalized spacial score (nSPS) is 14.4. The smallest absolute Gasteiger partial charge is 0.264 e. The van der Waals surface area contributed by atoms with Gasteiger partial charge in [0.2, 0.25) is 11.8 Å². The summed E-state index contributed by atoms with van der Waals surface area (Å²) >= 11 is 1.52. The van der Waals surface area contributed by atoms with E-state index in [1.54, 1.807) is 53.4 Å². The molecule has 4 rings (SSSR count). The van der Waals surface area contributed by atoms with E-state index in [1.165, 1.54) is 18.2 Å². The molecule has 1 atom stereocenters. The Morgan fingerprint density at radius 3 is 2.20 bits per heavy atom. The summed E-state index contributed by atoms with van der Waals surface area (Å²) in [5.41, 5.74) is 1.37. The third-order valence-electron chi connectivity index (χ3n) is 8.18. The van der Waals surface area contributed by atoms with Gasteiger partial charge in [0.05, 0.1) is 17.2 Å². The molecule has 1 N–H and O–H groups in total. The van der Waals surface area contributed by atoms with Crippen molar-refractivity contribution >= 4 is 39.3 Å². The molecular weight excluding hydrogens is 607 g/mol. The molecule has 45 heavy (non-hydrogen) atoms. The highest BCUT2D eigenvalue weighted by Crippen LogP contribution is 2.28. The third-order valence-corrected chi connectivity index (χ3v) is 10.7. The summed E-state index contributed by atoms with van der Waals surface area (Å²) in [6.07, 6.45) is 8.04. The summed E-state index contributed by atoms with van der Waals surface area (Å²) < 4.78 is 35.0. The van der Waals surface area contributed by atoms with Crippen molar-refractivity contribution < 1.29 is 22.7 Å². The zero-order chi connectivity index (χ0) is 32.2. The van der Waals surface area contributed by atoms with Crippen molar-refractivity contribution in [1.82, 2.24) is 10.2 Å². The topological polar surface area (TPSA) is 96.0 Å². The summed E-state index contributed by atoms with van der Waals surface area (Å²) in [6.45, 7) is 4.06. The van der Waals surface area contributed by atoms with Crippen molar-refractivity contribution in [1.29, 1.82) is 0 Å². The van der Waals surface area contributed by atoms with Gasteiger partial charge in [-0.15, -0.1) is 11.8 Å². The van der Waals surface area contributed by atoms with Crippen LogP contribution in [0.3, 0.4) is 0 Å². The van der Waals surface area contributed by atoms with Crippen molar-refractivity contribution in [2.45, 2.75) is 80.7 Å². The largest absolute Gasteiger partial charge is 0.494 e. The quantitative estimate of drug-likeness (QED) is 0.194. The van der Waals surface area contributed by atoms with Crippen LogP contribution in [0.4, 0.5) is 5.69 Å². The molecule has 0 spiro atoms. The maximum Gasteiger partial charge on any atom is 0.264 e. The lowest BCUT2D eigenvalue weighted by Gasteiger charge is -2.34. The molecule has 3 aromatic rings. The number of hydrogen-bond acceptors (Lipinski definition) is 6. The van der Waals surface area contributed by atoms with Crippen molar-refractivity contribution in [2.24, 2.45) is 0 Å². The Morgan fingerprint density at radius 1 is 0.933 bits per heavy atom. The number of amides is 2. The van der Waals surface area contributed by atoms with Crippen molar-refractivity contribution in [2.75, 3.05) is 30.3 Å². The summed E-state index contributed by atoms with van der Waals surface area (Å²) in [5, 5.41) is 3.19. The predicted octanol–water partition coefficient (Wildman–Crippen LogP) is 6.30. The SMILES string of the molecule is CCOc1ccc(N(CC(=O)N(CCc2ccccc2)C(CC)C(=O)NC2CCCCC2)S(=O)(=O)c2ccc(SC)cc2)cc1. The molecule has 0 aromatic heterocycles. The first-order valence-corrected chi connectivity index (χ1v) is 18.5. The maximum absolute atomic E-state index is 14.3. The molecule has 1 aliphatic carbocycles. The van der Waals surface area contributed by atoms with Gasteiger partial charge in [0.25, 0.3) is 10.0 Å². The van der Waals surface area contributed by atoms with Gasteiger partial charge in [-0.05, 0) is 93.0 Å². The number of carbonyl (C=O) groups is 2. The maximum atomic E-state index is 14.3. The molecule has 1 saturated carbocycles. The van der Waals surface area contributed by atoms with Gasteiger partial charge in [-0.2, -0.15) is 0 Å². The number of carbonyl (C=O) groups excluding carboxylic acids is 2. The molecule has 0 aliphatic heterocycles. The standard InChI is InChI=1S/C35H45N3O5S2/c1-4-33(35(40)36-28-14-10-7-11-15-28)37(25-24-27-12-8-6-9-13-27)34(39)26-38(29-16-18-30(19-17-29)43-5-2)45(41,42)32-22-20-31(44-3)21-23-32/h6,8-9,12-13,16-23,28,33H,4-5,7,10-11,14-15,24-26H2,1-3H3,(H,36,40). The summed E-state index contributed by atoms with van der Waals surface area (Å²) in [7, 11) is -4.14. The fourth-order valence-corrected chi connectivity index (χ4v) is 7.54. The lowest BCUT2D eigenvalue weighted by Crippen LogP contribution is -2.54. The zero-order valence-electron chi connectivity index (χ0n) is 26.5. The van der Waals surface area contributed by atoms with Crippen LogP contribution in [-0.2, 0) is 26.0 Å². The first kappa shape index (κ1) is 34.4. The number of nitrogens with one attached hydrogen (secondary N) is 1. The second kappa shape index (κ2) is 16.7. The van der Waals surface area contributed by atoms with Crippen LogP contribution in [0.1, 0.15) is 57.9 Å². The molecule has 8 nitrogen and oxygen atoms in total. The van der Waals surface area contributed by atoms with E-state index in [0.29, 0.717) is 30.9 Å². The summed E-state index contributed by atoms with van der Waals surface area (Å²) in [5.74, 6) is -0.0205. The van der Waals surface area contributed by atoms with Crippen LogP contribution in [0.15, 0.2) is 88.7 Å². The molecule has 0 heterocycles. The van der Waals surface area contributed by atoms with Gasteiger partial charge in [0.15, 0.2) is 0 Å². The minimum absolute atomic E-state index is 0.0832. The number of thioether (sulfide) groups is 1. The van der Waals surface area contributed by atoms with E-state index < -0.39 is 28.5 Å². The first-order chi connectivity index (χ1) is 21.8. The molecule has 1 fully saturated rings. The minimum Gasteiger partial charge on any atom is -0.494 e. The predicted molar refractivity (Wildman–Crippen MR) is 181 cm³/mol. The number of nitrogens with zero attached hydrogens (tertiary/aromatic N) is 2. The Hall–Kier alpha value is -3.50. The Labute approximate surface area is 272 Å². The van der Waals surface area contributed by atoms with Gasteiger partial charge in [0, 0.05) is 17.5 Å². The van der Waals surface area contributed by atoms with Crippen LogP contribution in [0.25, 0.3) is 0 Å². The Morgan fingerprint density at radius 2 is 1.60 bits per heavy atom. The van der Waals surface area contributed by atoms with E-state index in [0.717, 1.165) is 40.4 Å². The molecule has 10 heteroatoms. The third kappa shape index (κ3) is 9.26. The molecule has 1 unspecified atom stereocenters.